The van der Waals surface area contributed by atoms with Gasteiger partial charge in [-0.2, -0.15) is 0 Å². The highest BCUT2D eigenvalue weighted by atomic mass is 16.5. The molecule has 0 atom stereocenters. The van der Waals surface area contributed by atoms with Gasteiger partial charge in [-0.25, -0.2) is 0 Å². The van der Waals surface area contributed by atoms with Crippen LogP contribution in [0.25, 0.3) is 0 Å². The van der Waals surface area contributed by atoms with Crippen LogP contribution in [-0.4, -0.2) is 39.4 Å². The first-order chi connectivity index (χ1) is 10.1. The highest BCUT2D eigenvalue weighted by molar-refractivity contribution is 5.75. The molecule has 116 valence electrons. The number of carbonyl (C=O) groups is 1. The van der Waals surface area contributed by atoms with Gasteiger partial charge in [0.25, 0.3) is 0 Å². The zero-order valence-corrected chi connectivity index (χ0v) is 12.7. The van der Waals surface area contributed by atoms with E-state index < -0.39 is 0 Å². The molecule has 0 aliphatic carbocycles. The fourth-order valence-corrected chi connectivity index (χ4v) is 1.53. The summed E-state index contributed by atoms with van der Waals surface area (Å²) in [4.78, 5) is 11.5. The maximum Gasteiger partial charge on any atom is 0.223 e. The average molecular weight is 293 g/mol. The Balaban J connectivity index is 2.08. The highest BCUT2D eigenvalue weighted by Crippen LogP contribution is 2.16. The van der Waals surface area contributed by atoms with Gasteiger partial charge in [0.05, 0.1) is 33.4 Å². The number of ether oxygens (including phenoxy) is 3. The fourth-order valence-electron chi connectivity index (χ4n) is 1.53. The summed E-state index contributed by atoms with van der Waals surface area (Å²) in [6.07, 6.45) is 0.312. The minimum atomic E-state index is -0.0533. The number of amides is 1. The fraction of sp³-hybridized carbons (Fsp3) is 0.438. The van der Waals surface area contributed by atoms with Crippen molar-refractivity contribution < 1.29 is 19.0 Å². The van der Waals surface area contributed by atoms with Crippen molar-refractivity contribution in [2.45, 2.75) is 13.3 Å². The summed E-state index contributed by atoms with van der Waals surface area (Å²) >= 11 is 0. The van der Waals surface area contributed by atoms with Crippen molar-refractivity contribution in [3.8, 4) is 11.5 Å². The first kappa shape index (κ1) is 17.0. The van der Waals surface area contributed by atoms with E-state index in [1.807, 2.05) is 31.2 Å². The van der Waals surface area contributed by atoms with E-state index >= 15 is 0 Å². The molecule has 0 radical (unpaired) electrons. The first-order valence-electron chi connectivity index (χ1n) is 6.87. The Morgan fingerprint density at radius 1 is 1.19 bits per heavy atom. The maximum atomic E-state index is 11.5. The van der Waals surface area contributed by atoms with Gasteiger partial charge < -0.3 is 19.5 Å². The molecule has 0 bridgehead atoms. The van der Waals surface area contributed by atoms with Crippen LogP contribution in [0.4, 0.5) is 0 Å². The molecule has 0 spiro atoms. The zero-order valence-electron chi connectivity index (χ0n) is 12.7. The molecule has 0 heterocycles. The number of hydrogen-bond donors (Lipinski definition) is 1. The van der Waals surface area contributed by atoms with Crippen molar-refractivity contribution in [3.05, 3.63) is 36.4 Å². The standard InChI is InChI=1S/C16H23NO4/c1-13(2)12-20-11-9-17-16(18)8-10-21-15-6-4-14(19-3)5-7-15/h4-7H,1,8-12H2,2-3H3,(H,17,18). The Bertz CT molecular complexity index is 442. The lowest BCUT2D eigenvalue weighted by Gasteiger charge is -2.08. The molecule has 1 aromatic rings. The zero-order chi connectivity index (χ0) is 15.5. The van der Waals surface area contributed by atoms with Gasteiger partial charge in [0, 0.05) is 6.54 Å². The molecule has 21 heavy (non-hydrogen) atoms. The molecule has 0 fully saturated rings. The van der Waals surface area contributed by atoms with Crippen LogP contribution in [0.5, 0.6) is 11.5 Å². The van der Waals surface area contributed by atoms with Crippen molar-refractivity contribution in [1.29, 1.82) is 0 Å². The Kier molecular flexibility index (Phi) is 7.97. The van der Waals surface area contributed by atoms with Gasteiger partial charge in [-0.1, -0.05) is 12.2 Å². The van der Waals surface area contributed by atoms with Gasteiger partial charge in [0.15, 0.2) is 0 Å². The Hall–Kier alpha value is -2.01. The van der Waals surface area contributed by atoms with Gasteiger partial charge >= 0.3 is 0 Å². The SMILES string of the molecule is C=C(C)COCCNC(=O)CCOc1ccc(OC)cc1. The highest BCUT2D eigenvalue weighted by Gasteiger charge is 2.02. The Morgan fingerprint density at radius 2 is 1.86 bits per heavy atom. The van der Waals surface area contributed by atoms with E-state index in [4.69, 9.17) is 14.2 Å². The molecule has 0 unspecified atom stereocenters. The monoisotopic (exact) mass is 293 g/mol. The third-order valence-electron chi connectivity index (χ3n) is 2.57. The minimum absolute atomic E-state index is 0.0533. The normalized spacial score (nSPS) is 10.0. The second-order valence-electron chi connectivity index (χ2n) is 4.63. The predicted molar refractivity (Wildman–Crippen MR) is 81.7 cm³/mol. The number of rotatable bonds is 10. The first-order valence-corrected chi connectivity index (χ1v) is 6.87. The van der Waals surface area contributed by atoms with E-state index in [0.717, 1.165) is 11.3 Å². The lowest BCUT2D eigenvalue weighted by atomic mass is 10.3. The third-order valence-corrected chi connectivity index (χ3v) is 2.57. The Morgan fingerprint density at radius 3 is 2.48 bits per heavy atom. The third kappa shape index (κ3) is 7.99. The molecule has 1 rings (SSSR count). The summed E-state index contributed by atoms with van der Waals surface area (Å²) < 4.78 is 15.8. The van der Waals surface area contributed by atoms with Gasteiger partial charge in [-0.15, -0.1) is 0 Å². The van der Waals surface area contributed by atoms with Crippen LogP contribution in [0, 0.1) is 0 Å². The number of methoxy groups -OCH3 is 1. The second-order valence-corrected chi connectivity index (χ2v) is 4.63. The molecular weight excluding hydrogens is 270 g/mol. The van der Waals surface area contributed by atoms with Crippen molar-refractivity contribution in [1.82, 2.24) is 5.32 Å². The van der Waals surface area contributed by atoms with Crippen molar-refractivity contribution in [2.75, 3.05) is 33.5 Å². The van der Waals surface area contributed by atoms with E-state index in [1.54, 1.807) is 7.11 Å². The molecule has 5 nitrogen and oxygen atoms in total. The number of carbonyl (C=O) groups excluding carboxylic acids is 1. The summed E-state index contributed by atoms with van der Waals surface area (Å²) in [5.74, 6) is 1.44. The summed E-state index contributed by atoms with van der Waals surface area (Å²) in [6.45, 7) is 7.47. The minimum Gasteiger partial charge on any atom is -0.497 e. The van der Waals surface area contributed by atoms with Crippen molar-refractivity contribution >= 4 is 5.91 Å². The average Bonchev–Trinajstić information content (AvgIpc) is 2.47. The van der Waals surface area contributed by atoms with Crippen LogP contribution < -0.4 is 14.8 Å². The molecular formula is C16H23NO4. The number of benzene rings is 1. The van der Waals surface area contributed by atoms with E-state index in [-0.39, 0.29) is 5.91 Å². The van der Waals surface area contributed by atoms with Crippen molar-refractivity contribution in [2.24, 2.45) is 0 Å². The van der Waals surface area contributed by atoms with Crippen LogP contribution in [0.1, 0.15) is 13.3 Å². The predicted octanol–water partition coefficient (Wildman–Crippen LogP) is 2.17. The molecule has 5 heteroatoms. The molecule has 0 saturated carbocycles. The van der Waals surface area contributed by atoms with Gasteiger partial charge in [0.1, 0.15) is 11.5 Å². The summed E-state index contributed by atoms with van der Waals surface area (Å²) in [5.41, 5.74) is 0.967. The maximum absolute atomic E-state index is 11.5. The van der Waals surface area contributed by atoms with E-state index in [0.29, 0.717) is 38.5 Å². The van der Waals surface area contributed by atoms with E-state index in [9.17, 15) is 4.79 Å². The smallest absolute Gasteiger partial charge is 0.223 e. The van der Waals surface area contributed by atoms with Gasteiger partial charge in [0.2, 0.25) is 5.91 Å². The van der Waals surface area contributed by atoms with Crippen LogP contribution in [-0.2, 0) is 9.53 Å². The van der Waals surface area contributed by atoms with Crippen LogP contribution >= 0.6 is 0 Å². The second kappa shape index (κ2) is 9.83. The van der Waals surface area contributed by atoms with Crippen LogP contribution in [0.2, 0.25) is 0 Å². The molecule has 0 aliphatic rings. The van der Waals surface area contributed by atoms with Crippen LogP contribution in [0.15, 0.2) is 36.4 Å². The van der Waals surface area contributed by atoms with Crippen molar-refractivity contribution in [3.63, 3.8) is 0 Å². The summed E-state index contributed by atoms with van der Waals surface area (Å²) in [7, 11) is 1.61. The number of nitrogens with one attached hydrogen (secondary N) is 1. The van der Waals surface area contributed by atoms with E-state index in [2.05, 4.69) is 11.9 Å². The largest absolute Gasteiger partial charge is 0.497 e. The lowest BCUT2D eigenvalue weighted by molar-refractivity contribution is -0.121. The van der Waals surface area contributed by atoms with Crippen LogP contribution in [0.3, 0.4) is 0 Å². The molecule has 0 saturated heterocycles. The number of hydrogen-bond acceptors (Lipinski definition) is 4. The topological polar surface area (TPSA) is 56.8 Å². The molecule has 0 aliphatic heterocycles. The molecule has 0 aromatic heterocycles. The quantitative estimate of drug-likeness (QED) is 0.530. The molecule has 1 N–H and O–H groups in total. The summed E-state index contributed by atoms with van der Waals surface area (Å²) in [5, 5.41) is 2.77. The van der Waals surface area contributed by atoms with Gasteiger partial charge in [-0.3, -0.25) is 4.79 Å². The van der Waals surface area contributed by atoms with Gasteiger partial charge in [-0.05, 0) is 31.2 Å². The molecule has 1 aromatic carbocycles. The van der Waals surface area contributed by atoms with E-state index in [1.165, 1.54) is 0 Å². The molecule has 1 amide bonds. The Labute approximate surface area is 125 Å². The lowest BCUT2D eigenvalue weighted by Crippen LogP contribution is -2.28. The summed E-state index contributed by atoms with van der Waals surface area (Å²) in [6, 6.07) is 7.24.